The van der Waals surface area contributed by atoms with Crippen LogP contribution in [0.3, 0.4) is 0 Å². The molecule has 5 heteroatoms. The van der Waals surface area contributed by atoms with Crippen LogP contribution in [0.2, 0.25) is 10.0 Å². The minimum Gasteiger partial charge on any atom is -0.492 e. The summed E-state index contributed by atoms with van der Waals surface area (Å²) >= 11 is 11.9. The first-order valence-electron chi connectivity index (χ1n) is 5.76. The van der Waals surface area contributed by atoms with E-state index in [-0.39, 0.29) is 11.3 Å². The molecule has 0 amide bonds. The molecule has 0 heterocycles. The molecule has 3 nitrogen and oxygen atoms in total. The van der Waals surface area contributed by atoms with Crippen molar-refractivity contribution in [2.24, 2.45) is 11.1 Å². The van der Waals surface area contributed by atoms with Gasteiger partial charge in [0, 0.05) is 5.41 Å². The van der Waals surface area contributed by atoms with Gasteiger partial charge in [-0.05, 0) is 25.0 Å². The lowest BCUT2D eigenvalue weighted by molar-refractivity contribution is 0.287. The first-order chi connectivity index (χ1) is 8.34. The summed E-state index contributed by atoms with van der Waals surface area (Å²) < 4.78 is 5.57. The van der Waals surface area contributed by atoms with Crippen LogP contribution in [0.15, 0.2) is 18.2 Å². The lowest BCUT2D eigenvalue weighted by atomic mass is 9.87. The fourth-order valence-electron chi connectivity index (χ4n) is 1.43. The summed E-state index contributed by atoms with van der Waals surface area (Å²) in [5.41, 5.74) is 5.22. The van der Waals surface area contributed by atoms with Gasteiger partial charge in [0.2, 0.25) is 0 Å². The molecule has 0 spiro atoms. The molecular formula is C13H18Cl2N2O. The number of benzene rings is 1. The van der Waals surface area contributed by atoms with Gasteiger partial charge in [-0.2, -0.15) is 0 Å². The lowest BCUT2D eigenvalue weighted by Gasteiger charge is -2.22. The van der Waals surface area contributed by atoms with E-state index in [9.17, 15) is 0 Å². The summed E-state index contributed by atoms with van der Waals surface area (Å²) in [5, 5.41) is 8.38. The molecule has 0 saturated carbocycles. The van der Waals surface area contributed by atoms with E-state index in [2.05, 4.69) is 0 Å². The van der Waals surface area contributed by atoms with Crippen LogP contribution in [-0.4, -0.2) is 12.4 Å². The highest BCUT2D eigenvalue weighted by atomic mass is 35.5. The van der Waals surface area contributed by atoms with E-state index >= 15 is 0 Å². The highest BCUT2D eigenvalue weighted by Crippen LogP contribution is 2.31. The molecule has 0 aromatic heterocycles. The van der Waals surface area contributed by atoms with Gasteiger partial charge < -0.3 is 10.5 Å². The highest BCUT2D eigenvalue weighted by molar-refractivity contribution is 6.42. The monoisotopic (exact) mass is 288 g/mol. The van der Waals surface area contributed by atoms with E-state index in [1.165, 1.54) is 0 Å². The average molecular weight is 289 g/mol. The number of ether oxygens (including phenoxy) is 1. The Kier molecular flexibility index (Phi) is 5.29. The summed E-state index contributed by atoms with van der Waals surface area (Å²) in [4.78, 5) is 0. The van der Waals surface area contributed by atoms with Crippen molar-refractivity contribution < 1.29 is 4.74 Å². The van der Waals surface area contributed by atoms with Crippen molar-refractivity contribution in [1.29, 1.82) is 5.41 Å². The van der Waals surface area contributed by atoms with Crippen LogP contribution in [0, 0.1) is 10.8 Å². The van der Waals surface area contributed by atoms with Crippen molar-refractivity contribution in [3.63, 3.8) is 0 Å². The fraction of sp³-hybridized carbons (Fsp3) is 0.462. The van der Waals surface area contributed by atoms with Gasteiger partial charge in [-0.25, -0.2) is 0 Å². The Hall–Kier alpha value is -0.930. The molecule has 1 aromatic carbocycles. The average Bonchev–Trinajstić information content (AvgIpc) is 2.29. The van der Waals surface area contributed by atoms with E-state index in [0.29, 0.717) is 22.4 Å². The maximum Gasteiger partial charge on any atom is 0.139 e. The number of hydrogen-bond acceptors (Lipinski definition) is 2. The molecule has 0 radical (unpaired) electrons. The SMILES string of the molecule is CC(C)(CCCOc1cccc(Cl)c1Cl)C(=N)N. The number of hydrogen-bond donors (Lipinski definition) is 2. The van der Waals surface area contributed by atoms with Gasteiger partial charge in [-0.1, -0.05) is 43.1 Å². The Morgan fingerprint density at radius 3 is 2.67 bits per heavy atom. The number of nitrogens with two attached hydrogens (primary N) is 1. The van der Waals surface area contributed by atoms with Crippen LogP contribution in [-0.2, 0) is 0 Å². The maximum atomic E-state index is 7.46. The zero-order valence-electron chi connectivity index (χ0n) is 10.6. The summed E-state index contributed by atoms with van der Waals surface area (Å²) in [7, 11) is 0. The Labute approximate surface area is 118 Å². The summed E-state index contributed by atoms with van der Waals surface area (Å²) in [6.45, 7) is 4.42. The Bertz CT molecular complexity index is 433. The quantitative estimate of drug-likeness (QED) is 0.470. The first-order valence-corrected chi connectivity index (χ1v) is 6.51. The van der Waals surface area contributed by atoms with E-state index in [4.69, 9.17) is 39.1 Å². The Morgan fingerprint density at radius 2 is 2.06 bits per heavy atom. The summed E-state index contributed by atoms with van der Waals surface area (Å²) in [6, 6.07) is 5.29. The predicted molar refractivity (Wildman–Crippen MR) is 76.9 cm³/mol. The number of rotatable bonds is 6. The molecule has 18 heavy (non-hydrogen) atoms. The standard InChI is InChI=1S/C13H18Cl2N2O/c1-13(2,12(16)17)7-4-8-18-10-6-3-5-9(14)11(10)15/h3,5-6H,4,7-8H2,1-2H3,(H3,16,17). The van der Waals surface area contributed by atoms with E-state index in [1.807, 2.05) is 13.8 Å². The normalized spacial score (nSPS) is 11.3. The van der Waals surface area contributed by atoms with Gasteiger partial charge in [0.15, 0.2) is 0 Å². The molecule has 0 unspecified atom stereocenters. The zero-order valence-corrected chi connectivity index (χ0v) is 12.1. The number of nitrogens with one attached hydrogen (secondary N) is 1. The molecule has 0 atom stereocenters. The van der Waals surface area contributed by atoms with Crippen LogP contribution < -0.4 is 10.5 Å². The smallest absolute Gasteiger partial charge is 0.139 e. The predicted octanol–water partition coefficient (Wildman–Crippen LogP) is 4.11. The van der Waals surface area contributed by atoms with E-state index < -0.39 is 0 Å². The largest absolute Gasteiger partial charge is 0.492 e. The minimum absolute atomic E-state index is 0.197. The molecule has 1 rings (SSSR count). The van der Waals surface area contributed by atoms with Crippen LogP contribution in [0.25, 0.3) is 0 Å². The van der Waals surface area contributed by atoms with Crippen molar-refractivity contribution in [1.82, 2.24) is 0 Å². The third kappa shape index (κ3) is 4.07. The molecule has 0 saturated heterocycles. The van der Waals surface area contributed by atoms with E-state index in [1.54, 1.807) is 18.2 Å². The number of halogens is 2. The molecule has 0 aliphatic rings. The van der Waals surface area contributed by atoms with Gasteiger partial charge in [0.1, 0.15) is 10.8 Å². The second-order valence-corrected chi connectivity index (χ2v) is 5.59. The third-order valence-electron chi connectivity index (χ3n) is 2.85. The van der Waals surface area contributed by atoms with Crippen LogP contribution >= 0.6 is 23.2 Å². The Morgan fingerprint density at radius 1 is 1.39 bits per heavy atom. The molecule has 0 bridgehead atoms. The van der Waals surface area contributed by atoms with Gasteiger partial charge in [0.25, 0.3) is 0 Å². The van der Waals surface area contributed by atoms with Gasteiger partial charge in [-0.15, -0.1) is 0 Å². The second kappa shape index (κ2) is 6.30. The third-order valence-corrected chi connectivity index (χ3v) is 3.65. The van der Waals surface area contributed by atoms with Crippen molar-refractivity contribution in [2.45, 2.75) is 26.7 Å². The molecule has 100 valence electrons. The summed E-state index contributed by atoms with van der Waals surface area (Å²) in [5.74, 6) is 0.785. The van der Waals surface area contributed by atoms with Crippen molar-refractivity contribution in [3.8, 4) is 5.75 Å². The van der Waals surface area contributed by atoms with Crippen LogP contribution in [0.4, 0.5) is 0 Å². The van der Waals surface area contributed by atoms with Gasteiger partial charge >= 0.3 is 0 Å². The minimum atomic E-state index is -0.290. The molecule has 0 aliphatic heterocycles. The number of amidine groups is 1. The van der Waals surface area contributed by atoms with Crippen molar-refractivity contribution >= 4 is 29.0 Å². The second-order valence-electron chi connectivity index (χ2n) is 4.80. The van der Waals surface area contributed by atoms with Crippen LogP contribution in [0.5, 0.6) is 5.75 Å². The Balaban J connectivity index is 2.43. The van der Waals surface area contributed by atoms with Crippen LogP contribution in [0.1, 0.15) is 26.7 Å². The molecule has 0 fully saturated rings. The first kappa shape index (κ1) is 15.1. The van der Waals surface area contributed by atoms with Crippen molar-refractivity contribution in [2.75, 3.05) is 6.61 Å². The van der Waals surface area contributed by atoms with E-state index in [0.717, 1.165) is 12.8 Å². The molecular weight excluding hydrogens is 271 g/mol. The molecule has 0 aliphatic carbocycles. The topological polar surface area (TPSA) is 59.1 Å². The lowest BCUT2D eigenvalue weighted by Crippen LogP contribution is -2.31. The van der Waals surface area contributed by atoms with Gasteiger partial charge in [-0.3, -0.25) is 5.41 Å². The molecule has 3 N–H and O–H groups in total. The zero-order chi connectivity index (χ0) is 13.8. The van der Waals surface area contributed by atoms with Gasteiger partial charge in [0.05, 0.1) is 17.5 Å². The van der Waals surface area contributed by atoms with Crippen molar-refractivity contribution in [3.05, 3.63) is 28.2 Å². The summed E-state index contributed by atoms with van der Waals surface area (Å²) in [6.07, 6.45) is 1.59. The highest BCUT2D eigenvalue weighted by Gasteiger charge is 2.20. The maximum absolute atomic E-state index is 7.46. The fourth-order valence-corrected chi connectivity index (χ4v) is 1.77. The molecule has 1 aromatic rings.